The van der Waals surface area contributed by atoms with Gasteiger partial charge in [0.05, 0.1) is 0 Å². The fourth-order valence-electron chi connectivity index (χ4n) is 0.750. The maximum atomic E-state index is 9.58. The Kier molecular flexibility index (Phi) is 34.0. The first kappa shape index (κ1) is 29.7. The van der Waals surface area contributed by atoms with Crippen LogP contribution in [0, 0.1) is 0 Å². The van der Waals surface area contributed by atoms with E-state index in [1.807, 2.05) is 0 Å². The molecule has 0 aliphatic carbocycles. The predicted octanol–water partition coefficient (Wildman–Crippen LogP) is 0.719. The minimum atomic E-state index is -1.67. The molecule has 0 heterocycles. The van der Waals surface area contributed by atoms with Gasteiger partial charge in [-0.25, -0.2) is 0 Å². The molecular formula is C9H28O4SiTi. The van der Waals surface area contributed by atoms with E-state index >= 15 is 0 Å². The average molecular weight is 276 g/mol. The molecule has 0 aliphatic rings. The van der Waals surface area contributed by atoms with Crippen LogP contribution in [0.15, 0.2) is 0 Å². The molecule has 0 aromatic heterocycles. The summed E-state index contributed by atoms with van der Waals surface area (Å²) >= 11 is 0. The van der Waals surface area contributed by atoms with E-state index in [0.29, 0.717) is 0 Å². The minimum Gasteiger partial charge on any atom is -0.432 e. The first-order valence-electron chi connectivity index (χ1n) is 4.82. The Hall–Kier alpha value is 0.771. The third-order valence-electron chi connectivity index (χ3n) is 1.97. The second-order valence-corrected chi connectivity index (χ2v) is 7.95. The Morgan fingerprint density at radius 2 is 1.07 bits per heavy atom. The molecule has 0 spiro atoms. The van der Waals surface area contributed by atoms with Gasteiger partial charge in [-0.05, 0) is 32.0 Å². The zero-order chi connectivity index (χ0) is 10.2. The fourth-order valence-corrected chi connectivity index (χ4v) is 2.25. The van der Waals surface area contributed by atoms with E-state index in [9.17, 15) is 4.80 Å². The van der Waals surface area contributed by atoms with Crippen molar-refractivity contribution >= 4 is 8.32 Å². The number of hydrogen-bond donors (Lipinski definition) is 2. The van der Waals surface area contributed by atoms with Crippen molar-refractivity contribution in [2.45, 2.75) is 58.9 Å². The Labute approximate surface area is 110 Å². The van der Waals surface area contributed by atoms with Gasteiger partial charge >= 0.3 is 0 Å². The van der Waals surface area contributed by atoms with E-state index in [0.717, 1.165) is 18.1 Å². The SMILES string of the molecule is CC(C)O.CC[Si](O)(CC)CC.O.O.[Ti]. The maximum Gasteiger partial charge on any atom is 0.187 e. The van der Waals surface area contributed by atoms with E-state index in [-0.39, 0.29) is 38.8 Å². The number of aliphatic hydroxyl groups is 1. The molecule has 0 rings (SSSR count). The molecule has 0 unspecified atom stereocenters. The van der Waals surface area contributed by atoms with Gasteiger partial charge in [0.25, 0.3) is 0 Å². The van der Waals surface area contributed by atoms with E-state index in [2.05, 4.69) is 20.8 Å². The molecule has 0 radical (unpaired) electrons. The molecule has 4 nitrogen and oxygen atoms in total. The molecule has 0 amide bonds. The van der Waals surface area contributed by atoms with Crippen LogP contribution in [0.4, 0.5) is 0 Å². The number of aliphatic hydroxyl groups excluding tert-OH is 1. The van der Waals surface area contributed by atoms with Crippen LogP contribution in [0.1, 0.15) is 34.6 Å². The van der Waals surface area contributed by atoms with Crippen LogP contribution in [-0.2, 0) is 21.7 Å². The third kappa shape index (κ3) is 25.2. The van der Waals surface area contributed by atoms with Gasteiger partial charge in [0, 0.05) is 27.8 Å². The average Bonchev–Trinajstić information content (AvgIpc) is 2.02. The van der Waals surface area contributed by atoms with E-state index in [1.54, 1.807) is 13.8 Å². The van der Waals surface area contributed by atoms with Crippen LogP contribution in [0.5, 0.6) is 0 Å². The molecular weight excluding hydrogens is 248 g/mol. The number of rotatable bonds is 3. The summed E-state index contributed by atoms with van der Waals surface area (Å²) in [5, 5.41) is 8.06. The van der Waals surface area contributed by atoms with Crippen LogP contribution in [-0.4, -0.2) is 35.3 Å². The first-order chi connectivity index (χ1) is 5.41. The van der Waals surface area contributed by atoms with E-state index < -0.39 is 8.32 Å². The summed E-state index contributed by atoms with van der Waals surface area (Å²) in [4.78, 5) is 9.58. The second-order valence-electron chi connectivity index (χ2n) is 3.38. The molecule has 96 valence electrons. The van der Waals surface area contributed by atoms with Crippen molar-refractivity contribution in [2.24, 2.45) is 0 Å². The summed E-state index contributed by atoms with van der Waals surface area (Å²) in [7, 11) is -1.67. The van der Waals surface area contributed by atoms with Gasteiger partial charge < -0.3 is 20.9 Å². The molecule has 15 heavy (non-hydrogen) atoms. The van der Waals surface area contributed by atoms with Crippen molar-refractivity contribution in [2.75, 3.05) is 0 Å². The normalized spacial score (nSPS) is 8.80. The Balaban J connectivity index is -0.0000000424. The van der Waals surface area contributed by atoms with Gasteiger partial charge in [0.1, 0.15) is 0 Å². The zero-order valence-electron chi connectivity index (χ0n) is 10.6. The minimum absolute atomic E-state index is 0. The fraction of sp³-hybridized carbons (Fsp3) is 1.00. The molecule has 0 aromatic carbocycles. The van der Waals surface area contributed by atoms with Gasteiger partial charge in [-0.1, -0.05) is 20.8 Å². The quantitative estimate of drug-likeness (QED) is 0.741. The molecule has 0 fully saturated rings. The van der Waals surface area contributed by atoms with Gasteiger partial charge in [-0.15, -0.1) is 0 Å². The second kappa shape index (κ2) is 17.2. The summed E-state index contributed by atoms with van der Waals surface area (Å²) in [5.41, 5.74) is 0. The van der Waals surface area contributed by atoms with Crippen LogP contribution in [0.2, 0.25) is 18.1 Å². The smallest absolute Gasteiger partial charge is 0.187 e. The molecule has 0 aromatic rings. The third-order valence-corrected chi connectivity index (χ3v) is 5.92. The molecule has 0 aliphatic heterocycles. The molecule has 6 heteroatoms. The van der Waals surface area contributed by atoms with Gasteiger partial charge in [-0.2, -0.15) is 0 Å². The van der Waals surface area contributed by atoms with Crippen molar-refractivity contribution in [3.05, 3.63) is 0 Å². The summed E-state index contributed by atoms with van der Waals surface area (Å²) in [5.74, 6) is 0. The van der Waals surface area contributed by atoms with E-state index in [4.69, 9.17) is 5.11 Å². The van der Waals surface area contributed by atoms with Crippen LogP contribution >= 0.6 is 0 Å². The van der Waals surface area contributed by atoms with Gasteiger partial charge in [-0.3, -0.25) is 0 Å². The molecule has 0 saturated heterocycles. The Morgan fingerprint density at radius 3 is 1.07 bits per heavy atom. The predicted molar refractivity (Wildman–Crippen MR) is 64.0 cm³/mol. The summed E-state index contributed by atoms with van der Waals surface area (Å²) in [6.45, 7) is 9.69. The summed E-state index contributed by atoms with van der Waals surface area (Å²) in [6.07, 6.45) is -0.167. The van der Waals surface area contributed by atoms with Crippen molar-refractivity contribution in [1.29, 1.82) is 0 Å². The summed E-state index contributed by atoms with van der Waals surface area (Å²) < 4.78 is 0. The molecule has 0 saturated carbocycles. The zero-order valence-corrected chi connectivity index (χ0v) is 13.2. The maximum absolute atomic E-state index is 9.58. The largest absolute Gasteiger partial charge is 0.432 e. The monoisotopic (exact) mass is 276 g/mol. The number of hydrogen-bond acceptors (Lipinski definition) is 2. The van der Waals surface area contributed by atoms with Crippen molar-refractivity contribution in [3.8, 4) is 0 Å². The van der Waals surface area contributed by atoms with Crippen molar-refractivity contribution in [1.82, 2.24) is 0 Å². The topological polar surface area (TPSA) is 103 Å². The van der Waals surface area contributed by atoms with Crippen LogP contribution in [0.25, 0.3) is 0 Å². The molecule has 6 N–H and O–H groups in total. The Morgan fingerprint density at radius 1 is 0.933 bits per heavy atom. The van der Waals surface area contributed by atoms with Crippen LogP contribution < -0.4 is 0 Å². The van der Waals surface area contributed by atoms with E-state index in [1.165, 1.54) is 0 Å². The molecule has 0 bridgehead atoms. The van der Waals surface area contributed by atoms with Gasteiger partial charge in [0.15, 0.2) is 8.32 Å². The molecule has 0 atom stereocenters. The first-order valence-corrected chi connectivity index (χ1v) is 7.39. The summed E-state index contributed by atoms with van der Waals surface area (Å²) in [6, 6.07) is 3.04. The van der Waals surface area contributed by atoms with Crippen molar-refractivity contribution < 1.29 is 42.6 Å². The standard InChI is InChI=1S/C6H16OSi.C3H8O.2H2O.Ti/c1-4-8(7,5-2)6-3;1-3(2)4;;;/h7H,4-6H2,1-3H3;3-4H,1-2H3;2*1H2;. The van der Waals surface area contributed by atoms with Crippen molar-refractivity contribution in [3.63, 3.8) is 0 Å². The van der Waals surface area contributed by atoms with Crippen LogP contribution in [0.3, 0.4) is 0 Å². The van der Waals surface area contributed by atoms with Gasteiger partial charge in [0.2, 0.25) is 0 Å². The Bertz CT molecular complexity index is 89.1.